The van der Waals surface area contributed by atoms with Gasteiger partial charge in [-0.25, -0.2) is 4.79 Å². The molecule has 3 amide bonds. The number of rotatable bonds is 3. The molecule has 2 aliphatic rings. The number of imide groups is 1. The van der Waals surface area contributed by atoms with Gasteiger partial charge in [0.25, 0.3) is 5.91 Å². The Kier molecular flexibility index (Phi) is 3.99. The van der Waals surface area contributed by atoms with Crippen LogP contribution >= 0.6 is 0 Å². The number of carbonyl (C=O) groups is 2. The molecule has 1 saturated carbocycles. The van der Waals surface area contributed by atoms with E-state index < -0.39 is 0 Å². The van der Waals surface area contributed by atoms with Crippen LogP contribution in [-0.2, 0) is 4.79 Å². The van der Waals surface area contributed by atoms with Gasteiger partial charge in [-0.3, -0.25) is 10.1 Å². The fourth-order valence-corrected chi connectivity index (χ4v) is 2.34. The minimum absolute atomic E-state index is 0.160. The maximum Gasteiger partial charge on any atom is 0.321 e. The Morgan fingerprint density at radius 3 is 2.65 bits per heavy atom. The third-order valence-corrected chi connectivity index (χ3v) is 3.64. The molecule has 1 heterocycles. The monoisotopic (exact) mass is 240 g/mol. The van der Waals surface area contributed by atoms with Crippen LogP contribution in [0.25, 0.3) is 0 Å². The first-order valence-corrected chi connectivity index (χ1v) is 6.60. The summed E-state index contributed by atoms with van der Waals surface area (Å²) in [6, 6.07) is 0.492. The van der Waals surface area contributed by atoms with Crippen molar-refractivity contribution in [2.75, 3.05) is 13.1 Å². The second-order valence-corrected chi connectivity index (χ2v) is 5.28. The van der Waals surface area contributed by atoms with E-state index in [1.165, 1.54) is 24.2 Å². The summed E-state index contributed by atoms with van der Waals surface area (Å²) in [6.45, 7) is 3.63. The van der Waals surface area contributed by atoms with Gasteiger partial charge in [0.15, 0.2) is 6.54 Å². The summed E-state index contributed by atoms with van der Waals surface area (Å²) in [4.78, 5) is 24.4. The zero-order chi connectivity index (χ0) is 12.3. The average molecular weight is 240 g/mol. The number of hydrogen-bond donors (Lipinski definition) is 3. The van der Waals surface area contributed by atoms with Crippen LogP contribution < -0.4 is 15.5 Å². The lowest BCUT2D eigenvalue weighted by Crippen LogP contribution is -3.17. The maximum atomic E-state index is 11.7. The van der Waals surface area contributed by atoms with E-state index in [1.807, 2.05) is 0 Å². The Balaban J connectivity index is 1.69. The minimum atomic E-state index is -0.332. The van der Waals surface area contributed by atoms with Crippen LogP contribution in [0.1, 0.15) is 39.0 Å². The maximum absolute atomic E-state index is 11.7. The average Bonchev–Trinajstić information content (AvgIpc) is 3.05. The number of likely N-dealkylation sites (tertiary alicyclic amines) is 1. The van der Waals surface area contributed by atoms with Gasteiger partial charge in [-0.15, -0.1) is 0 Å². The van der Waals surface area contributed by atoms with Crippen LogP contribution in [-0.4, -0.2) is 37.1 Å². The van der Waals surface area contributed by atoms with Gasteiger partial charge in [-0.1, -0.05) is 0 Å². The van der Waals surface area contributed by atoms with Crippen molar-refractivity contribution >= 4 is 11.9 Å². The van der Waals surface area contributed by atoms with E-state index in [-0.39, 0.29) is 11.9 Å². The van der Waals surface area contributed by atoms with E-state index >= 15 is 0 Å². The van der Waals surface area contributed by atoms with Gasteiger partial charge in [-0.05, 0) is 39.0 Å². The molecule has 3 N–H and O–H groups in total. The van der Waals surface area contributed by atoms with Crippen LogP contribution in [0.5, 0.6) is 0 Å². The van der Waals surface area contributed by atoms with Crippen molar-refractivity contribution < 1.29 is 14.5 Å². The van der Waals surface area contributed by atoms with Gasteiger partial charge in [0.05, 0.1) is 12.6 Å². The van der Waals surface area contributed by atoms with Gasteiger partial charge in [-0.2, -0.15) is 0 Å². The van der Waals surface area contributed by atoms with E-state index in [1.54, 1.807) is 0 Å². The van der Waals surface area contributed by atoms with Crippen LogP contribution in [0.4, 0.5) is 4.79 Å². The van der Waals surface area contributed by atoms with Crippen molar-refractivity contribution in [3.8, 4) is 0 Å². The Morgan fingerprint density at radius 1 is 1.24 bits per heavy atom. The molecule has 5 nitrogen and oxygen atoms in total. The van der Waals surface area contributed by atoms with Crippen molar-refractivity contribution in [1.82, 2.24) is 10.6 Å². The van der Waals surface area contributed by atoms with Crippen molar-refractivity contribution in [2.24, 2.45) is 0 Å². The zero-order valence-corrected chi connectivity index (χ0v) is 10.4. The second-order valence-electron chi connectivity index (χ2n) is 5.28. The Labute approximate surface area is 102 Å². The van der Waals surface area contributed by atoms with Gasteiger partial charge in [0.2, 0.25) is 0 Å². The summed E-state index contributed by atoms with van der Waals surface area (Å²) in [5, 5.41) is 5.16. The molecule has 0 spiro atoms. The molecular weight excluding hydrogens is 218 g/mol. The molecule has 1 aliphatic heterocycles. The lowest BCUT2D eigenvalue weighted by atomic mass is 10.0. The third-order valence-electron chi connectivity index (χ3n) is 3.64. The molecule has 2 rings (SSSR count). The first-order valence-electron chi connectivity index (χ1n) is 6.60. The fraction of sp³-hybridized carbons (Fsp3) is 0.833. The lowest BCUT2D eigenvalue weighted by molar-refractivity contribution is -0.920. The highest BCUT2D eigenvalue weighted by Crippen LogP contribution is 2.18. The topological polar surface area (TPSA) is 62.6 Å². The molecule has 1 aliphatic carbocycles. The molecule has 1 unspecified atom stereocenters. The summed E-state index contributed by atoms with van der Waals surface area (Å²) in [5.74, 6) is -0.160. The molecule has 0 aromatic carbocycles. The minimum Gasteiger partial charge on any atom is -0.335 e. The van der Waals surface area contributed by atoms with E-state index in [0.717, 1.165) is 19.4 Å². The molecular formula is C12H22N3O2+. The quantitative estimate of drug-likeness (QED) is 0.619. The number of amides is 3. The Morgan fingerprint density at radius 2 is 2.00 bits per heavy atom. The van der Waals surface area contributed by atoms with E-state index in [4.69, 9.17) is 0 Å². The highest BCUT2D eigenvalue weighted by Gasteiger charge is 2.27. The van der Waals surface area contributed by atoms with Crippen molar-refractivity contribution in [1.29, 1.82) is 0 Å². The predicted octanol–water partition coefficient (Wildman–Crippen LogP) is -0.568. The Hall–Kier alpha value is -1.10. The third kappa shape index (κ3) is 4.00. The molecule has 1 saturated heterocycles. The number of hydrogen-bond acceptors (Lipinski definition) is 2. The normalized spacial score (nSPS) is 28.5. The number of carbonyl (C=O) groups excluding carboxylic acids is 2. The highest BCUT2D eigenvalue weighted by atomic mass is 16.2. The van der Waals surface area contributed by atoms with Crippen LogP contribution in [0, 0.1) is 0 Å². The summed E-state index contributed by atoms with van der Waals surface area (Å²) >= 11 is 0. The fourth-order valence-electron chi connectivity index (χ4n) is 2.34. The molecule has 0 bridgehead atoms. The van der Waals surface area contributed by atoms with Crippen LogP contribution in [0.3, 0.4) is 0 Å². The van der Waals surface area contributed by atoms with Gasteiger partial charge >= 0.3 is 6.03 Å². The van der Waals surface area contributed by atoms with Crippen molar-refractivity contribution in [3.05, 3.63) is 0 Å². The first-order chi connectivity index (χ1) is 8.15. The molecule has 96 valence electrons. The van der Waals surface area contributed by atoms with Crippen molar-refractivity contribution in [2.45, 2.75) is 51.1 Å². The summed E-state index contributed by atoms with van der Waals surface area (Å²) in [5.41, 5.74) is 0. The van der Waals surface area contributed by atoms with E-state index in [9.17, 15) is 9.59 Å². The van der Waals surface area contributed by atoms with Gasteiger partial charge in [0, 0.05) is 6.04 Å². The Bertz CT molecular complexity index is 302. The molecule has 2 fully saturated rings. The summed E-state index contributed by atoms with van der Waals surface area (Å²) < 4.78 is 0. The number of piperidine rings is 1. The summed E-state index contributed by atoms with van der Waals surface area (Å²) in [7, 11) is 0. The zero-order valence-electron chi connectivity index (χ0n) is 10.4. The molecule has 2 atom stereocenters. The smallest absolute Gasteiger partial charge is 0.321 e. The first kappa shape index (κ1) is 12.4. The van der Waals surface area contributed by atoms with Crippen LogP contribution in [0.2, 0.25) is 0 Å². The van der Waals surface area contributed by atoms with Crippen molar-refractivity contribution in [3.63, 3.8) is 0 Å². The summed E-state index contributed by atoms with van der Waals surface area (Å²) in [6.07, 6.45) is 5.69. The SMILES string of the molecule is C[C@@H]1CCCC[NH+]1CC(=O)NC(=O)NC1CC1. The standard InChI is InChI=1S/C12H21N3O2/c1-9-4-2-3-7-15(9)8-11(16)14-12(17)13-10-5-6-10/h9-10H,2-8H2,1H3,(H2,13,14,16,17)/p+1/t9-/m1/s1. The molecule has 0 aromatic heterocycles. The second kappa shape index (κ2) is 5.49. The van der Waals surface area contributed by atoms with Gasteiger partial charge in [0.1, 0.15) is 0 Å². The van der Waals surface area contributed by atoms with E-state index in [0.29, 0.717) is 18.6 Å². The molecule has 17 heavy (non-hydrogen) atoms. The largest absolute Gasteiger partial charge is 0.335 e. The molecule has 0 aromatic rings. The highest BCUT2D eigenvalue weighted by molar-refractivity contribution is 5.94. The number of urea groups is 1. The van der Waals surface area contributed by atoms with Gasteiger partial charge < -0.3 is 10.2 Å². The van der Waals surface area contributed by atoms with Crippen LogP contribution in [0.15, 0.2) is 0 Å². The van der Waals surface area contributed by atoms with E-state index in [2.05, 4.69) is 17.6 Å². The molecule has 0 radical (unpaired) electrons. The number of nitrogens with one attached hydrogen (secondary N) is 3. The lowest BCUT2D eigenvalue weighted by Gasteiger charge is -2.29. The molecule has 5 heteroatoms. The number of quaternary nitrogens is 1. The predicted molar refractivity (Wildman–Crippen MR) is 63.7 cm³/mol.